The number of amides is 2. The molecule has 0 spiro atoms. The zero-order valence-corrected chi connectivity index (χ0v) is 17.3. The Labute approximate surface area is 177 Å². The van der Waals surface area contributed by atoms with Crippen molar-refractivity contribution in [3.8, 4) is 0 Å². The molecule has 0 aromatic heterocycles. The zero-order valence-electron chi connectivity index (χ0n) is 17.3. The topological polar surface area (TPSA) is 61.9 Å². The number of nitrogens with zero attached hydrogens (tertiary/aromatic N) is 2. The van der Waals surface area contributed by atoms with Crippen LogP contribution in [0.15, 0.2) is 48.5 Å². The van der Waals surface area contributed by atoms with Gasteiger partial charge in [0.05, 0.1) is 13.2 Å². The van der Waals surface area contributed by atoms with E-state index in [9.17, 15) is 9.59 Å². The molecule has 0 saturated carbocycles. The maximum Gasteiger partial charge on any atom is 0.251 e. The van der Waals surface area contributed by atoms with E-state index < -0.39 is 0 Å². The minimum Gasteiger partial charge on any atom is -0.379 e. The highest BCUT2D eigenvalue weighted by atomic mass is 16.5. The van der Waals surface area contributed by atoms with E-state index in [2.05, 4.69) is 34.5 Å². The molecular weight excluding hydrogens is 378 g/mol. The van der Waals surface area contributed by atoms with Crippen molar-refractivity contribution in [3.05, 3.63) is 70.8 Å². The van der Waals surface area contributed by atoms with Crippen LogP contribution in [-0.4, -0.2) is 54.5 Å². The van der Waals surface area contributed by atoms with Crippen molar-refractivity contribution in [2.24, 2.45) is 0 Å². The summed E-state index contributed by atoms with van der Waals surface area (Å²) in [6.45, 7) is 6.45. The molecule has 2 aromatic rings. The second-order valence-corrected chi connectivity index (χ2v) is 8.00. The van der Waals surface area contributed by atoms with Crippen molar-refractivity contribution in [2.45, 2.75) is 32.5 Å². The van der Waals surface area contributed by atoms with Crippen LogP contribution in [0.25, 0.3) is 0 Å². The van der Waals surface area contributed by atoms with Gasteiger partial charge in [-0.2, -0.15) is 0 Å². The second kappa shape index (κ2) is 9.87. The van der Waals surface area contributed by atoms with Crippen molar-refractivity contribution in [2.75, 3.05) is 32.8 Å². The van der Waals surface area contributed by atoms with Crippen LogP contribution in [0.2, 0.25) is 0 Å². The molecule has 2 heterocycles. The summed E-state index contributed by atoms with van der Waals surface area (Å²) in [6, 6.07) is 15.9. The lowest BCUT2D eigenvalue weighted by Crippen LogP contribution is -2.35. The molecule has 2 aliphatic heterocycles. The highest BCUT2D eigenvalue weighted by molar-refractivity contribution is 5.94. The van der Waals surface area contributed by atoms with Crippen LogP contribution in [0.5, 0.6) is 0 Å². The van der Waals surface area contributed by atoms with Gasteiger partial charge in [-0.3, -0.25) is 14.5 Å². The number of hydrogen-bond acceptors (Lipinski definition) is 4. The summed E-state index contributed by atoms with van der Waals surface area (Å²) in [6.07, 6.45) is 1.59. The smallest absolute Gasteiger partial charge is 0.251 e. The normalized spacial score (nSPS) is 17.3. The van der Waals surface area contributed by atoms with Gasteiger partial charge in [-0.25, -0.2) is 0 Å². The Hall–Kier alpha value is -2.70. The van der Waals surface area contributed by atoms with Crippen LogP contribution in [0.3, 0.4) is 0 Å². The van der Waals surface area contributed by atoms with Gasteiger partial charge in [0.1, 0.15) is 0 Å². The van der Waals surface area contributed by atoms with E-state index in [1.807, 2.05) is 29.2 Å². The average Bonchev–Trinajstić information content (AvgIpc) is 3.18. The molecule has 2 saturated heterocycles. The first kappa shape index (κ1) is 20.6. The Bertz CT molecular complexity index is 858. The molecule has 4 rings (SSSR count). The van der Waals surface area contributed by atoms with Gasteiger partial charge in [-0.05, 0) is 35.2 Å². The summed E-state index contributed by atoms with van der Waals surface area (Å²) in [5.74, 6) is 0.129. The van der Waals surface area contributed by atoms with Gasteiger partial charge in [0.25, 0.3) is 5.91 Å². The van der Waals surface area contributed by atoms with Crippen LogP contribution in [0.4, 0.5) is 0 Å². The molecule has 158 valence electrons. The first-order valence-corrected chi connectivity index (χ1v) is 10.7. The molecule has 1 N–H and O–H groups in total. The summed E-state index contributed by atoms with van der Waals surface area (Å²) in [5.41, 5.74) is 4.05. The first-order valence-electron chi connectivity index (χ1n) is 10.7. The Balaban J connectivity index is 1.25. The summed E-state index contributed by atoms with van der Waals surface area (Å²) in [7, 11) is 0. The number of nitrogens with one attached hydrogen (secondary N) is 1. The molecular formula is C24H29N3O3. The minimum atomic E-state index is -0.0869. The van der Waals surface area contributed by atoms with Crippen molar-refractivity contribution in [1.82, 2.24) is 15.1 Å². The Morgan fingerprint density at radius 1 is 0.867 bits per heavy atom. The largest absolute Gasteiger partial charge is 0.379 e. The molecule has 2 fully saturated rings. The fourth-order valence-electron chi connectivity index (χ4n) is 3.92. The molecule has 6 heteroatoms. The van der Waals surface area contributed by atoms with Crippen LogP contribution in [0.1, 0.15) is 39.9 Å². The van der Waals surface area contributed by atoms with Gasteiger partial charge >= 0.3 is 0 Å². The van der Waals surface area contributed by atoms with E-state index in [1.165, 1.54) is 5.56 Å². The van der Waals surface area contributed by atoms with E-state index in [4.69, 9.17) is 4.74 Å². The lowest BCUT2D eigenvalue weighted by Gasteiger charge is -2.26. The van der Waals surface area contributed by atoms with Crippen LogP contribution in [-0.2, 0) is 29.2 Å². The van der Waals surface area contributed by atoms with Crippen molar-refractivity contribution in [3.63, 3.8) is 0 Å². The highest BCUT2D eigenvalue weighted by Crippen LogP contribution is 2.15. The Morgan fingerprint density at radius 3 is 2.17 bits per heavy atom. The number of hydrogen-bond donors (Lipinski definition) is 1. The molecule has 0 bridgehead atoms. The number of rotatable bonds is 7. The molecule has 0 radical (unpaired) electrons. The number of carbonyl (C=O) groups is 2. The lowest BCUT2D eigenvalue weighted by atomic mass is 10.1. The third kappa shape index (κ3) is 5.46. The fraction of sp³-hybridized carbons (Fsp3) is 0.417. The van der Waals surface area contributed by atoms with Gasteiger partial charge in [-0.15, -0.1) is 0 Å². The van der Waals surface area contributed by atoms with E-state index >= 15 is 0 Å². The van der Waals surface area contributed by atoms with E-state index in [0.29, 0.717) is 25.1 Å². The van der Waals surface area contributed by atoms with Crippen molar-refractivity contribution >= 4 is 11.8 Å². The van der Waals surface area contributed by atoms with Crippen LogP contribution < -0.4 is 5.32 Å². The standard InChI is InChI=1S/C24H29N3O3/c28-23-2-1-11-27(23)18-21-7-9-22(10-8-21)24(29)25-16-19-3-5-20(6-4-19)17-26-12-14-30-15-13-26/h3-10H,1-2,11-18H2,(H,25,29). The number of morpholine rings is 1. The van der Waals surface area contributed by atoms with E-state index in [0.717, 1.165) is 56.9 Å². The quantitative estimate of drug-likeness (QED) is 0.766. The number of ether oxygens (including phenoxy) is 1. The summed E-state index contributed by atoms with van der Waals surface area (Å²) < 4.78 is 5.39. The molecule has 0 atom stereocenters. The van der Waals surface area contributed by atoms with E-state index in [1.54, 1.807) is 0 Å². The maximum absolute atomic E-state index is 12.5. The summed E-state index contributed by atoms with van der Waals surface area (Å²) >= 11 is 0. The Morgan fingerprint density at radius 2 is 1.50 bits per heavy atom. The molecule has 30 heavy (non-hydrogen) atoms. The van der Waals surface area contributed by atoms with Gasteiger partial charge in [0, 0.05) is 51.3 Å². The third-order valence-electron chi connectivity index (χ3n) is 5.75. The molecule has 0 aliphatic carbocycles. The predicted molar refractivity (Wildman–Crippen MR) is 115 cm³/mol. The predicted octanol–water partition coefficient (Wildman–Crippen LogP) is 2.57. The zero-order chi connectivity index (χ0) is 20.8. The summed E-state index contributed by atoms with van der Waals surface area (Å²) in [4.78, 5) is 28.5. The van der Waals surface area contributed by atoms with Crippen molar-refractivity contribution < 1.29 is 14.3 Å². The van der Waals surface area contributed by atoms with Crippen LogP contribution >= 0.6 is 0 Å². The molecule has 6 nitrogen and oxygen atoms in total. The van der Waals surface area contributed by atoms with Crippen LogP contribution in [0, 0.1) is 0 Å². The highest BCUT2D eigenvalue weighted by Gasteiger charge is 2.20. The van der Waals surface area contributed by atoms with Gasteiger partial charge in [-0.1, -0.05) is 36.4 Å². The van der Waals surface area contributed by atoms with Gasteiger partial charge in [0.2, 0.25) is 5.91 Å². The Kier molecular flexibility index (Phi) is 6.77. The van der Waals surface area contributed by atoms with Gasteiger partial charge in [0.15, 0.2) is 0 Å². The number of likely N-dealkylation sites (tertiary alicyclic amines) is 1. The average molecular weight is 408 g/mol. The molecule has 2 aromatic carbocycles. The van der Waals surface area contributed by atoms with Gasteiger partial charge < -0.3 is 15.0 Å². The number of carbonyl (C=O) groups excluding carboxylic acids is 2. The second-order valence-electron chi connectivity index (χ2n) is 8.00. The van der Waals surface area contributed by atoms with E-state index in [-0.39, 0.29) is 11.8 Å². The SMILES string of the molecule is O=C(NCc1ccc(CN2CCOCC2)cc1)c1ccc(CN2CCCC2=O)cc1. The van der Waals surface area contributed by atoms with Crippen molar-refractivity contribution in [1.29, 1.82) is 0 Å². The lowest BCUT2D eigenvalue weighted by molar-refractivity contribution is -0.128. The first-order chi connectivity index (χ1) is 14.7. The third-order valence-corrected chi connectivity index (χ3v) is 5.75. The maximum atomic E-state index is 12.5. The minimum absolute atomic E-state index is 0.0869. The summed E-state index contributed by atoms with van der Waals surface area (Å²) in [5, 5.41) is 2.99. The molecule has 2 amide bonds. The fourth-order valence-corrected chi connectivity index (χ4v) is 3.92. The molecule has 2 aliphatic rings. The number of benzene rings is 2. The monoisotopic (exact) mass is 407 g/mol. The molecule has 0 unspecified atom stereocenters.